The molecule has 0 bridgehead atoms. The number of aromatic hydroxyl groups is 2. The molecule has 0 aromatic heterocycles. The molecule has 7 nitrogen and oxygen atoms in total. The highest BCUT2D eigenvalue weighted by Crippen LogP contribution is 2.34. The number of anilines is 1. The van der Waals surface area contributed by atoms with E-state index in [9.17, 15) is 29.5 Å². The van der Waals surface area contributed by atoms with Crippen LogP contribution in [0.4, 0.5) is 15.8 Å². The number of carbonyl (C=O) groups excluding carboxylic acids is 1. The largest absolute Gasteiger partial charge is 0.507 e. The van der Waals surface area contributed by atoms with Crippen molar-refractivity contribution in [3.05, 3.63) is 57.9 Å². The van der Waals surface area contributed by atoms with Gasteiger partial charge in [-0.1, -0.05) is 6.07 Å². The van der Waals surface area contributed by atoms with Crippen LogP contribution >= 0.6 is 0 Å². The molecule has 2 rings (SSSR count). The number of hydrogen-bond donors (Lipinski definition) is 3. The van der Waals surface area contributed by atoms with Gasteiger partial charge in [0.25, 0.3) is 11.6 Å². The normalized spacial score (nSPS) is 10.1. The molecule has 0 fully saturated rings. The SMILES string of the molecule is O=C(Nc1c(O)cccc1[N+](=O)[O-])c1cc(F)ccc1O. The lowest BCUT2D eigenvalue weighted by molar-refractivity contribution is -0.384. The fourth-order valence-corrected chi connectivity index (χ4v) is 1.68. The number of benzene rings is 2. The molecule has 0 heterocycles. The van der Waals surface area contributed by atoms with Gasteiger partial charge in [-0.2, -0.15) is 0 Å². The fraction of sp³-hybridized carbons (Fsp3) is 0. The lowest BCUT2D eigenvalue weighted by Gasteiger charge is -2.09. The van der Waals surface area contributed by atoms with Crippen LogP contribution in [0.3, 0.4) is 0 Å². The standard InChI is InChI=1S/C13H9FN2O5/c14-7-4-5-10(17)8(6-7)13(19)15-12-9(16(20)21)2-1-3-11(12)18/h1-6,17-18H,(H,15,19). The second-order valence-corrected chi connectivity index (χ2v) is 4.04. The summed E-state index contributed by atoms with van der Waals surface area (Å²) in [6.07, 6.45) is 0. The molecule has 8 heteroatoms. The number of carbonyl (C=O) groups is 1. The van der Waals surface area contributed by atoms with Gasteiger partial charge in [-0.3, -0.25) is 14.9 Å². The Kier molecular flexibility index (Phi) is 3.70. The Morgan fingerprint density at radius 3 is 2.57 bits per heavy atom. The molecular formula is C13H9FN2O5. The zero-order chi connectivity index (χ0) is 15.6. The summed E-state index contributed by atoms with van der Waals surface area (Å²) in [6, 6.07) is 6.17. The number of hydrogen-bond acceptors (Lipinski definition) is 5. The van der Waals surface area contributed by atoms with Gasteiger partial charge < -0.3 is 15.5 Å². The Bertz CT molecular complexity index is 732. The van der Waals surface area contributed by atoms with Crippen LogP contribution in [-0.4, -0.2) is 21.0 Å². The van der Waals surface area contributed by atoms with Gasteiger partial charge in [0.15, 0.2) is 5.69 Å². The third-order valence-electron chi connectivity index (χ3n) is 2.66. The maximum Gasteiger partial charge on any atom is 0.296 e. The van der Waals surface area contributed by atoms with Gasteiger partial charge in [-0.15, -0.1) is 0 Å². The molecule has 0 radical (unpaired) electrons. The molecule has 0 saturated heterocycles. The molecule has 21 heavy (non-hydrogen) atoms. The van der Waals surface area contributed by atoms with Crippen molar-refractivity contribution in [3.63, 3.8) is 0 Å². The lowest BCUT2D eigenvalue weighted by atomic mass is 10.1. The van der Waals surface area contributed by atoms with E-state index in [1.54, 1.807) is 0 Å². The Morgan fingerprint density at radius 1 is 1.19 bits per heavy atom. The minimum Gasteiger partial charge on any atom is -0.507 e. The molecule has 0 spiro atoms. The topological polar surface area (TPSA) is 113 Å². The molecule has 0 atom stereocenters. The maximum atomic E-state index is 13.1. The Hall–Kier alpha value is -3.16. The van der Waals surface area contributed by atoms with Gasteiger partial charge in [-0.25, -0.2) is 4.39 Å². The minimum absolute atomic E-state index is 0.410. The second kappa shape index (κ2) is 5.45. The lowest BCUT2D eigenvalue weighted by Crippen LogP contribution is -2.13. The molecule has 2 aromatic carbocycles. The van der Waals surface area contributed by atoms with Crippen molar-refractivity contribution in [2.75, 3.05) is 5.32 Å². The highest BCUT2D eigenvalue weighted by atomic mass is 19.1. The zero-order valence-corrected chi connectivity index (χ0v) is 10.4. The first kappa shape index (κ1) is 14.3. The number of halogens is 1. The van der Waals surface area contributed by atoms with Crippen LogP contribution < -0.4 is 5.32 Å². The molecule has 3 N–H and O–H groups in total. The first-order valence-electron chi connectivity index (χ1n) is 5.66. The van der Waals surface area contributed by atoms with Crippen LogP contribution in [0.15, 0.2) is 36.4 Å². The molecule has 0 aliphatic rings. The smallest absolute Gasteiger partial charge is 0.296 e. The van der Waals surface area contributed by atoms with E-state index in [1.165, 1.54) is 6.07 Å². The third-order valence-corrected chi connectivity index (χ3v) is 2.66. The minimum atomic E-state index is -0.989. The van der Waals surface area contributed by atoms with E-state index in [1.807, 2.05) is 0 Å². The summed E-state index contributed by atoms with van der Waals surface area (Å²) in [6.45, 7) is 0. The maximum absolute atomic E-state index is 13.1. The van der Waals surface area contributed by atoms with Crippen molar-refractivity contribution < 1.29 is 24.3 Å². The van der Waals surface area contributed by atoms with E-state index in [2.05, 4.69) is 5.32 Å². The van der Waals surface area contributed by atoms with Gasteiger partial charge in [-0.05, 0) is 24.3 Å². The first-order valence-corrected chi connectivity index (χ1v) is 5.66. The monoisotopic (exact) mass is 292 g/mol. The van der Waals surface area contributed by atoms with E-state index >= 15 is 0 Å². The van der Waals surface area contributed by atoms with Crippen LogP contribution in [0.25, 0.3) is 0 Å². The quantitative estimate of drug-likeness (QED) is 0.456. The average molecular weight is 292 g/mol. The zero-order valence-electron chi connectivity index (χ0n) is 10.4. The van der Waals surface area contributed by atoms with Gasteiger partial charge in [0, 0.05) is 6.07 Å². The van der Waals surface area contributed by atoms with E-state index in [0.717, 1.165) is 30.3 Å². The number of phenols is 2. The predicted molar refractivity (Wildman–Crippen MR) is 70.8 cm³/mol. The summed E-state index contributed by atoms with van der Waals surface area (Å²) in [4.78, 5) is 22.0. The van der Waals surface area contributed by atoms with Crippen LogP contribution in [-0.2, 0) is 0 Å². The molecule has 2 aromatic rings. The van der Waals surface area contributed by atoms with Crippen molar-refractivity contribution >= 4 is 17.3 Å². The average Bonchev–Trinajstić information content (AvgIpc) is 2.43. The Morgan fingerprint density at radius 2 is 1.90 bits per heavy atom. The highest BCUT2D eigenvalue weighted by molar-refractivity contribution is 6.08. The third kappa shape index (κ3) is 2.89. The summed E-state index contributed by atoms with van der Waals surface area (Å²) in [5, 5.41) is 32.0. The van der Waals surface area contributed by atoms with Crippen molar-refractivity contribution in [3.8, 4) is 11.5 Å². The van der Waals surface area contributed by atoms with E-state index < -0.39 is 45.1 Å². The number of phenolic OH excluding ortho intramolecular Hbond substituents is 2. The van der Waals surface area contributed by atoms with Crippen molar-refractivity contribution in [1.82, 2.24) is 0 Å². The number of para-hydroxylation sites is 1. The molecule has 0 aliphatic heterocycles. The van der Waals surface area contributed by atoms with Gasteiger partial charge >= 0.3 is 0 Å². The second-order valence-electron chi connectivity index (χ2n) is 4.04. The fourth-order valence-electron chi connectivity index (χ4n) is 1.68. The number of nitrogens with zero attached hydrogens (tertiary/aromatic N) is 1. The van der Waals surface area contributed by atoms with Crippen molar-refractivity contribution in [1.29, 1.82) is 0 Å². The Labute approximate surface area is 117 Å². The van der Waals surface area contributed by atoms with E-state index in [4.69, 9.17) is 0 Å². The van der Waals surface area contributed by atoms with E-state index in [-0.39, 0.29) is 0 Å². The summed E-state index contributed by atoms with van der Waals surface area (Å²) in [7, 11) is 0. The Balaban J connectivity index is 2.41. The molecule has 0 unspecified atom stereocenters. The molecule has 0 aliphatic carbocycles. The summed E-state index contributed by atoms with van der Waals surface area (Å²) in [5.41, 5.74) is -1.37. The predicted octanol–water partition coefficient (Wildman–Crippen LogP) is 2.40. The van der Waals surface area contributed by atoms with Gasteiger partial charge in [0.1, 0.15) is 17.3 Å². The van der Waals surface area contributed by atoms with Gasteiger partial charge in [0.05, 0.1) is 10.5 Å². The number of nitrogens with one attached hydrogen (secondary N) is 1. The van der Waals surface area contributed by atoms with Crippen LogP contribution in [0, 0.1) is 15.9 Å². The molecule has 108 valence electrons. The number of nitro benzene ring substituents is 1. The summed E-state index contributed by atoms with van der Waals surface area (Å²) >= 11 is 0. The number of amides is 1. The van der Waals surface area contributed by atoms with Crippen LogP contribution in [0.5, 0.6) is 11.5 Å². The van der Waals surface area contributed by atoms with Crippen molar-refractivity contribution in [2.45, 2.75) is 0 Å². The molecule has 1 amide bonds. The van der Waals surface area contributed by atoms with Gasteiger partial charge in [0.2, 0.25) is 0 Å². The summed E-state index contributed by atoms with van der Waals surface area (Å²) in [5.74, 6) is -2.76. The van der Waals surface area contributed by atoms with Crippen LogP contribution in [0.1, 0.15) is 10.4 Å². The molecular weight excluding hydrogens is 283 g/mol. The van der Waals surface area contributed by atoms with Crippen molar-refractivity contribution in [2.24, 2.45) is 0 Å². The number of nitro groups is 1. The highest BCUT2D eigenvalue weighted by Gasteiger charge is 2.21. The van der Waals surface area contributed by atoms with E-state index in [0.29, 0.717) is 0 Å². The summed E-state index contributed by atoms with van der Waals surface area (Å²) < 4.78 is 13.1. The molecule has 0 saturated carbocycles. The number of rotatable bonds is 3. The first-order chi connectivity index (χ1) is 9.90. The van der Waals surface area contributed by atoms with Crippen LogP contribution in [0.2, 0.25) is 0 Å².